The number of aromatic nitrogens is 2. The second-order valence-electron chi connectivity index (χ2n) is 3.28. The van der Waals surface area contributed by atoms with E-state index in [4.69, 9.17) is 9.84 Å². The van der Waals surface area contributed by atoms with E-state index in [1.807, 2.05) is 6.92 Å². The maximum atomic E-state index is 10.5. The SMILES string of the molecule is CCCC(C)Oc1ccc(C(=O)O)nn1. The number of carboxylic acid groups (broad SMARTS) is 1. The number of aromatic carboxylic acids is 1. The minimum Gasteiger partial charge on any atom is -0.476 e. The number of ether oxygens (including phenoxy) is 1. The van der Waals surface area contributed by atoms with Crippen LogP contribution in [0, 0.1) is 0 Å². The lowest BCUT2D eigenvalue weighted by Crippen LogP contribution is -2.13. The summed E-state index contributed by atoms with van der Waals surface area (Å²) in [6.45, 7) is 4.01. The highest BCUT2D eigenvalue weighted by Gasteiger charge is 2.07. The van der Waals surface area contributed by atoms with Crippen LogP contribution in [0.15, 0.2) is 12.1 Å². The summed E-state index contributed by atoms with van der Waals surface area (Å²) < 4.78 is 5.42. The molecule has 0 aliphatic heterocycles. The molecule has 0 aromatic carbocycles. The number of hydrogen-bond donors (Lipinski definition) is 1. The molecule has 0 radical (unpaired) electrons. The van der Waals surface area contributed by atoms with Gasteiger partial charge < -0.3 is 9.84 Å². The van der Waals surface area contributed by atoms with Crippen LogP contribution >= 0.6 is 0 Å². The van der Waals surface area contributed by atoms with Gasteiger partial charge in [0.25, 0.3) is 0 Å². The molecule has 5 nitrogen and oxygen atoms in total. The normalized spacial score (nSPS) is 12.1. The van der Waals surface area contributed by atoms with E-state index in [2.05, 4.69) is 17.1 Å². The van der Waals surface area contributed by atoms with Crippen molar-refractivity contribution in [3.05, 3.63) is 17.8 Å². The molecule has 1 unspecified atom stereocenters. The van der Waals surface area contributed by atoms with Gasteiger partial charge in [-0.15, -0.1) is 10.2 Å². The predicted molar refractivity (Wildman–Crippen MR) is 54.0 cm³/mol. The molecule has 1 atom stereocenters. The first-order valence-corrected chi connectivity index (χ1v) is 4.87. The van der Waals surface area contributed by atoms with Gasteiger partial charge >= 0.3 is 5.97 Å². The van der Waals surface area contributed by atoms with Crippen molar-refractivity contribution in [1.82, 2.24) is 10.2 Å². The summed E-state index contributed by atoms with van der Waals surface area (Å²) in [6.07, 6.45) is 2.03. The van der Waals surface area contributed by atoms with E-state index >= 15 is 0 Å². The van der Waals surface area contributed by atoms with Crippen molar-refractivity contribution in [3.8, 4) is 5.88 Å². The molecule has 15 heavy (non-hydrogen) atoms. The Morgan fingerprint density at radius 1 is 1.53 bits per heavy atom. The molecule has 0 aliphatic carbocycles. The monoisotopic (exact) mass is 210 g/mol. The average Bonchev–Trinajstić information content (AvgIpc) is 2.18. The standard InChI is InChI=1S/C10H14N2O3/c1-3-4-7(2)15-9-6-5-8(10(13)14)11-12-9/h5-7H,3-4H2,1-2H3,(H,13,14). The van der Waals surface area contributed by atoms with E-state index in [0.29, 0.717) is 5.88 Å². The van der Waals surface area contributed by atoms with E-state index in [-0.39, 0.29) is 11.8 Å². The Morgan fingerprint density at radius 3 is 2.73 bits per heavy atom. The first-order chi connectivity index (χ1) is 7.13. The van der Waals surface area contributed by atoms with Gasteiger partial charge in [-0.25, -0.2) is 4.79 Å². The number of hydrogen-bond acceptors (Lipinski definition) is 4. The van der Waals surface area contributed by atoms with Crippen LogP contribution in [0.2, 0.25) is 0 Å². The highest BCUT2D eigenvalue weighted by molar-refractivity contribution is 5.84. The Kier molecular flexibility index (Phi) is 4.03. The summed E-state index contributed by atoms with van der Waals surface area (Å²) >= 11 is 0. The topological polar surface area (TPSA) is 72.3 Å². The summed E-state index contributed by atoms with van der Waals surface area (Å²) in [6, 6.07) is 2.89. The van der Waals surface area contributed by atoms with Crippen LogP contribution in [0.4, 0.5) is 0 Å². The lowest BCUT2D eigenvalue weighted by Gasteiger charge is -2.11. The second-order valence-corrected chi connectivity index (χ2v) is 3.28. The summed E-state index contributed by atoms with van der Waals surface area (Å²) in [5.41, 5.74) is -0.0782. The Labute approximate surface area is 88.1 Å². The van der Waals surface area contributed by atoms with Gasteiger partial charge in [-0.3, -0.25) is 0 Å². The minimum absolute atomic E-state index is 0.0694. The van der Waals surface area contributed by atoms with Crippen LogP contribution in [-0.4, -0.2) is 27.4 Å². The molecule has 1 aromatic heterocycles. The molecule has 0 saturated heterocycles. The zero-order chi connectivity index (χ0) is 11.3. The van der Waals surface area contributed by atoms with Gasteiger partial charge in [0.15, 0.2) is 5.69 Å². The second kappa shape index (κ2) is 5.29. The van der Waals surface area contributed by atoms with E-state index < -0.39 is 5.97 Å². The van der Waals surface area contributed by atoms with Gasteiger partial charge in [-0.2, -0.15) is 0 Å². The van der Waals surface area contributed by atoms with Crippen molar-refractivity contribution in [2.24, 2.45) is 0 Å². The zero-order valence-corrected chi connectivity index (χ0v) is 8.80. The summed E-state index contributed by atoms with van der Waals surface area (Å²) in [5.74, 6) is -0.725. The molecule has 1 aromatic rings. The van der Waals surface area contributed by atoms with Crippen LogP contribution in [-0.2, 0) is 0 Å². The molecule has 1 rings (SSSR count). The van der Waals surface area contributed by atoms with Crippen molar-refractivity contribution in [2.75, 3.05) is 0 Å². The fourth-order valence-electron chi connectivity index (χ4n) is 1.17. The molecule has 0 spiro atoms. The van der Waals surface area contributed by atoms with Gasteiger partial charge in [-0.1, -0.05) is 13.3 Å². The molecule has 0 aliphatic rings. The summed E-state index contributed by atoms with van der Waals surface area (Å²) in [4.78, 5) is 10.5. The third-order valence-corrected chi connectivity index (χ3v) is 1.88. The van der Waals surface area contributed by atoms with Crippen molar-refractivity contribution in [2.45, 2.75) is 32.8 Å². The highest BCUT2D eigenvalue weighted by Crippen LogP contribution is 2.09. The zero-order valence-electron chi connectivity index (χ0n) is 8.80. The lowest BCUT2D eigenvalue weighted by atomic mass is 10.2. The van der Waals surface area contributed by atoms with Crippen molar-refractivity contribution < 1.29 is 14.6 Å². The van der Waals surface area contributed by atoms with Crippen LogP contribution in [0.1, 0.15) is 37.2 Å². The van der Waals surface area contributed by atoms with Crippen molar-refractivity contribution in [3.63, 3.8) is 0 Å². The Hall–Kier alpha value is -1.65. The van der Waals surface area contributed by atoms with Crippen LogP contribution in [0.3, 0.4) is 0 Å². The van der Waals surface area contributed by atoms with Gasteiger partial charge in [0.2, 0.25) is 5.88 Å². The molecule has 0 saturated carbocycles. The number of carbonyl (C=O) groups is 1. The largest absolute Gasteiger partial charge is 0.476 e. The maximum absolute atomic E-state index is 10.5. The van der Waals surface area contributed by atoms with Gasteiger partial charge in [-0.05, 0) is 19.4 Å². The molecule has 0 amide bonds. The minimum atomic E-state index is -1.09. The molecule has 1 heterocycles. The first-order valence-electron chi connectivity index (χ1n) is 4.87. The highest BCUT2D eigenvalue weighted by atomic mass is 16.5. The predicted octanol–water partition coefficient (Wildman–Crippen LogP) is 1.74. The molecule has 82 valence electrons. The van der Waals surface area contributed by atoms with Crippen LogP contribution in [0.25, 0.3) is 0 Å². The Morgan fingerprint density at radius 2 is 2.27 bits per heavy atom. The molecular weight excluding hydrogens is 196 g/mol. The van der Waals surface area contributed by atoms with E-state index in [9.17, 15) is 4.79 Å². The molecule has 0 fully saturated rings. The molecular formula is C10H14N2O3. The molecule has 1 N–H and O–H groups in total. The van der Waals surface area contributed by atoms with Crippen molar-refractivity contribution in [1.29, 1.82) is 0 Å². The Balaban J connectivity index is 2.60. The van der Waals surface area contributed by atoms with Gasteiger partial charge in [0.1, 0.15) is 0 Å². The first kappa shape index (κ1) is 11.4. The van der Waals surface area contributed by atoms with Crippen molar-refractivity contribution >= 4 is 5.97 Å². The Bertz CT molecular complexity index is 324. The molecule has 0 bridgehead atoms. The average molecular weight is 210 g/mol. The lowest BCUT2D eigenvalue weighted by molar-refractivity contribution is 0.0688. The third kappa shape index (κ3) is 3.53. The number of rotatable bonds is 5. The summed E-state index contributed by atoms with van der Waals surface area (Å²) in [5, 5.41) is 15.8. The number of nitrogens with zero attached hydrogens (tertiary/aromatic N) is 2. The van der Waals surface area contributed by atoms with Crippen LogP contribution < -0.4 is 4.74 Å². The van der Waals surface area contributed by atoms with E-state index in [1.165, 1.54) is 12.1 Å². The fourth-order valence-corrected chi connectivity index (χ4v) is 1.17. The van der Waals surface area contributed by atoms with Gasteiger partial charge in [0.05, 0.1) is 6.10 Å². The smallest absolute Gasteiger partial charge is 0.356 e. The quantitative estimate of drug-likeness (QED) is 0.801. The van der Waals surface area contributed by atoms with Crippen LogP contribution in [0.5, 0.6) is 5.88 Å². The molecule has 5 heteroatoms. The van der Waals surface area contributed by atoms with Gasteiger partial charge in [0, 0.05) is 6.07 Å². The maximum Gasteiger partial charge on any atom is 0.356 e. The fraction of sp³-hybridized carbons (Fsp3) is 0.500. The van der Waals surface area contributed by atoms with E-state index in [0.717, 1.165) is 12.8 Å². The number of carboxylic acids is 1. The van der Waals surface area contributed by atoms with E-state index in [1.54, 1.807) is 0 Å². The summed E-state index contributed by atoms with van der Waals surface area (Å²) in [7, 11) is 0. The third-order valence-electron chi connectivity index (χ3n) is 1.88.